The summed E-state index contributed by atoms with van der Waals surface area (Å²) in [6.45, 7) is 0. The van der Waals surface area contributed by atoms with E-state index in [-0.39, 0.29) is 25.7 Å². The van der Waals surface area contributed by atoms with Gasteiger partial charge in [-0.05, 0) is 30.5 Å². The smallest absolute Gasteiger partial charge is 0.248 e. The van der Waals surface area contributed by atoms with E-state index in [9.17, 15) is 8.78 Å². The van der Waals surface area contributed by atoms with Gasteiger partial charge in [0.15, 0.2) is 0 Å². The fourth-order valence-corrected chi connectivity index (χ4v) is 2.45. The first-order valence-corrected chi connectivity index (χ1v) is 6.20. The molecule has 0 unspecified atom stereocenters. The molecule has 0 spiro atoms. The van der Waals surface area contributed by atoms with E-state index in [4.69, 9.17) is 28.9 Å². The maximum atomic E-state index is 13.1. The van der Waals surface area contributed by atoms with Crippen molar-refractivity contribution in [3.8, 4) is 0 Å². The van der Waals surface area contributed by atoms with Crippen LogP contribution in [0.2, 0.25) is 10.0 Å². The molecular weight excluding hydrogens is 267 g/mol. The number of hydrogen-bond acceptors (Lipinski definition) is 1. The summed E-state index contributed by atoms with van der Waals surface area (Å²) in [6.07, 6.45) is 0.170. The van der Waals surface area contributed by atoms with Crippen LogP contribution in [0.25, 0.3) is 0 Å². The van der Waals surface area contributed by atoms with Crippen LogP contribution in [0.1, 0.15) is 31.2 Å². The Morgan fingerprint density at radius 2 is 1.59 bits per heavy atom. The summed E-state index contributed by atoms with van der Waals surface area (Å²) in [4.78, 5) is 0. The highest BCUT2D eigenvalue weighted by Crippen LogP contribution is 2.43. The van der Waals surface area contributed by atoms with Crippen molar-refractivity contribution < 1.29 is 8.78 Å². The van der Waals surface area contributed by atoms with Crippen LogP contribution in [0.5, 0.6) is 0 Å². The van der Waals surface area contributed by atoms with Crippen LogP contribution >= 0.6 is 23.2 Å². The normalized spacial score (nSPS) is 22.4. The quantitative estimate of drug-likeness (QED) is 0.812. The van der Waals surface area contributed by atoms with Crippen molar-refractivity contribution in [2.75, 3.05) is 0 Å². The van der Waals surface area contributed by atoms with E-state index >= 15 is 0 Å². The maximum absolute atomic E-state index is 13.1. The van der Waals surface area contributed by atoms with E-state index in [2.05, 4.69) is 0 Å². The Labute approximate surface area is 109 Å². The molecule has 2 rings (SSSR count). The lowest BCUT2D eigenvalue weighted by Crippen LogP contribution is -2.43. The highest BCUT2D eigenvalue weighted by atomic mass is 35.5. The van der Waals surface area contributed by atoms with E-state index in [0.29, 0.717) is 10.0 Å². The average Bonchev–Trinajstić information content (AvgIpc) is 2.27. The van der Waals surface area contributed by atoms with Crippen LogP contribution in [0, 0.1) is 0 Å². The molecule has 1 aromatic carbocycles. The van der Waals surface area contributed by atoms with Gasteiger partial charge in [-0.25, -0.2) is 8.78 Å². The van der Waals surface area contributed by atoms with E-state index in [1.165, 1.54) is 0 Å². The van der Waals surface area contributed by atoms with Crippen molar-refractivity contribution >= 4 is 23.2 Å². The zero-order valence-corrected chi connectivity index (χ0v) is 10.7. The summed E-state index contributed by atoms with van der Waals surface area (Å²) in [5, 5.41) is 0.853. The Bertz CT molecular complexity index is 425. The lowest BCUT2D eigenvalue weighted by atomic mass is 9.76. The van der Waals surface area contributed by atoms with Gasteiger partial charge in [0.05, 0.1) is 10.0 Å². The molecule has 5 heteroatoms. The highest BCUT2D eigenvalue weighted by molar-refractivity contribution is 6.42. The number of alkyl halides is 2. The first-order valence-electron chi connectivity index (χ1n) is 5.45. The molecule has 94 valence electrons. The van der Waals surface area contributed by atoms with Gasteiger partial charge in [-0.1, -0.05) is 29.3 Å². The fraction of sp³-hybridized carbons (Fsp3) is 0.500. The van der Waals surface area contributed by atoms with Gasteiger partial charge in [0.25, 0.3) is 0 Å². The molecule has 0 aliphatic heterocycles. The van der Waals surface area contributed by atoms with E-state index < -0.39 is 11.5 Å². The molecule has 1 nitrogen and oxygen atoms in total. The predicted octanol–water partition coefficient (Wildman–Crippen LogP) is 4.36. The topological polar surface area (TPSA) is 26.0 Å². The van der Waals surface area contributed by atoms with Gasteiger partial charge in [-0.2, -0.15) is 0 Å². The number of nitrogens with two attached hydrogens (primary N) is 1. The molecule has 0 bridgehead atoms. The molecule has 0 heterocycles. The average molecular weight is 280 g/mol. The van der Waals surface area contributed by atoms with E-state index in [0.717, 1.165) is 5.56 Å². The first kappa shape index (κ1) is 13.1. The van der Waals surface area contributed by atoms with Crippen molar-refractivity contribution in [3.05, 3.63) is 33.8 Å². The molecule has 17 heavy (non-hydrogen) atoms. The summed E-state index contributed by atoms with van der Waals surface area (Å²) in [7, 11) is 0. The molecule has 1 fully saturated rings. The van der Waals surface area contributed by atoms with Crippen molar-refractivity contribution in [2.24, 2.45) is 5.73 Å². The monoisotopic (exact) mass is 279 g/mol. The van der Waals surface area contributed by atoms with E-state index in [1.807, 2.05) is 0 Å². The fourth-order valence-electron chi connectivity index (χ4n) is 2.16. The van der Waals surface area contributed by atoms with E-state index in [1.54, 1.807) is 18.2 Å². The van der Waals surface area contributed by atoms with Crippen molar-refractivity contribution in [2.45, 2.75) is 37.1 Å². The van der Waals surface area contributed by atoms with Crippen LogP contribution < -0.4 is 5.73 Å². The highest BCUT2D eigenvalue weighted by Gasteiger charge is 2.42. The van der Waals surface area contributed by atoms with Crippen molar-refractivity contribution in [3.63, 3.8) is 0 Å². The number of rotatable bonds is 1. The number of halogens is 4. The minimum absolute atomic E-state index is 0.177. The Morgan fingerprint density at radius 1 is 1.00 bits per heavy atom. The van der Waals surface area contributed by atoms with Gasteiger partial charge in [0, 0.05) is 18.4 Å². The Balaban J connectivity index is 2.24. The standard InChI is InChI=1S/C12H13Cl2F2N/c13-9-2-1-8(7-10(9)14)11(17)3-5-12(15,16)6-4-11/h1-2,7H,3-6,17H2. The van der Waals surface area contributed by atoms with Gasteiger partial charge >= 0.3 is 0 Å². The van der Waals surface area contributed by atoms with Gasteiger partial charge < -0.3 is 5.73 Å². The summed E-state index contributed by atoms with van der Waals surface area (Å²) in [6, 6.07) is 5.09. The van der Waals surface area contributed by atoms with Crippen LogP contribution in [0.3, 0.4) is 0 Å². The third-order valence-corrected chi connectivity index (χ3v) is 4.11. The molecule has 0 aromatic heterocycles. The van der Waals surface area contributed by atoms with Crippen molar-refractivity contribution in [1.82, 2.24) is 0 Å². The lowest BCUT2D eigenvalue weighted by Gasteiger charge is -2.37. The molecule has 0 saturated heterocycles. The number of benzene rings is 1. The summed E-state index contributed by atoms with van der Waals surface area (Å²) >= 11 is 11.7. The second-order valence-corrected chi connectivity index (χ2v) is 5.46. The molecule has 1 saturated carbocycles. The second-order valence-electron chi connectivity index (χ2n) is 4.64. The number of hydrogen-bond donors (Lipinski definition) is 1. The van der Waals surface area contributed by atoms with Crippen LogP contribution in [0.15, 0.2) is 18.2 Å². The molecule has 0 radical (unpaired) electrons. The molecular formula is C12H13Cl2F2N. The van der Waals surface area contributed by atoms with Crippen LogP contribution in [-0.4, -0.2) is 5.92 Å². The minimum Gasteiger partial charge on any atom is -0.321 e. The Kier molecular flexibility index (Phi) is 3.36. The molecule has 1 aromatic rings. The maximum Gasteiger partial charge on any atom is 0.248 e. The third kappa shape index (κ3) is 2.72. The van der Waals surface area contributed by atoms with Gasteiger partial charge in [-0.3, -0.25) is 0 Å². The SMILES string of the molecule is NC1(c2ccc(Cl)c(Cl)c2)CCC(F)(F)CC1. The summed E-state index contributed by atoms with van der Waals surface area (Å²) in [5.41, 5.74) is 6.25. The lowest BCUT2D eigenvalue weighted by molar-refractivity contribution is -0.0514. The molecule has 2 N–H and O–H groups in total. The van der Waals surface area contributed by atoms with Crippen molar-refractivity contribution in [1.29, 1.82) is 0 Å². The molecule has 0 atom stereocenters. The second kappa shape index (κ2) is 4.38. The first-order chi connectivity index (χ1) is 7.82. The zero-order chi connectivity index (χ0) is 12.7. The molecule has 1 aliphatic carbocycles. The summed E-state index contributed by atoms with van der Waals surface area (Å²) < 4.78 is 26.2. The molecule has 1 aliphatic rings. The third-order valence-electron chi connectivity index (χ3n) is 3.37. The van der Waals surface area contributed by atoms with Crippen LogP contribution in [0.4, 0.5) is 8.78 Å². The van der Waals surface area contributed by atoms with Gasteiger partial charge in [0.2, 0.25) is 5.92 Å². The predicted molar refractivity (Wildman–Crippen MR) is 65.7 cm³/mol. The van der Waals surface area contributed by atoms with Crippen LogP contribution in [-0.2, 0) is 5.54 Å². The summed E-state index contributed by atoms with van der Waals surface area (Å²) in [5.74, 6) is -2.58. The Hall–Kier alpha value is -0.380. The minimum atomic E-state index is -2.58. The van der Waals surface area contributed by atoms with Gasteiger partial charge in [0.1, 0.15) is 0 Å². The molecule has 0 amide bonds. The van der Waals surface area contributed by atoms with Gasteiger partial charge in [-0.15, -0.1) is 0 Å². The largest absolute Gasteiger partial charge is 0.321 e. The zero-order valence-electron chi connectivity index (χ0n) is 9.15. The Morgan fingerprint density at radius 3 is 2.12 bits per heavy atom.